The maximum atomic E-state index is 13.4. The largest absolute Gasteiger partial charge is 0.494 e. The summed E-state index contributed by atoms with van der Waals surface area (Å²) >= 11 is 1.48. The predicted octanol–water partition coefficient (Wildman–Crippen LogP) is 9.12. The number of para-hydroxylation sites is 1. The SMILES string of the molecule is C=CC(=O)OCCCCCCOc1ccc(C(=O)Oc2ccc(OC(=O)C3=CCC(OCCCCCCOC(=O)C=C)C=C3)cc2/C=N/N(C)c2nc3ccccc3s2)cc1. The van der Waals surface area contributed by atoms with Crippen molar-refractivity contribution in [2.24, 2.45) is 5.10 Å². The van der Waals surface area contributed by atoms with Gasteiger partial charge in [-0.1, -0.05) is 55.2 Å². The maximum absolute atomic E-state index is 13.4. The highest BCUT2D eigenvalue weighted by Gasteiger charge is 2.18. The van der Waals surface area contributed by atoms with Gasteiger partial charge in [-0.15, -0.1) is 0 Å². The molecule has 320 valence electrons. The van der Waals surface area contributed by atoms with E-state index in [1.165, 1.54) is 17.6 Å². The van der Waals surface area contributed by atoms with Crippen molar-refractivity contribution >= 4 is 56.8 Å². The molecule has 14 heteroatoms. The number of carbonyl (C=O) groups excluding carboxylic acids is 4. The Hall–Kier alpha value is -6.38. The molecule has 4 aromatic rings. The zero-order valence-corrected chi connectivity index (χ0v) is 35.1. The van der Waals surface area contributed by atoms with Crippen LogP contribution in [0.25, 0.3) is 10.2 Å². The van der Waals surface area contributed by atoms with Gasteiger partial charge in [0.25, 0.3) is 0 Å². The van der Waals surface area contributed by atoms with E-state index >= 15 is 0 Å². The van der Waals surface area contributed by atoms with Crippen LogP contribution in [0.2, 0.25) is 0 Å². The molecule has 0 fully saturated rings. The Morgan fingerprint density at radius 1 is 0.787 bits per heavy atom. The summed E-state index contributed by atoms with van der Waals surface area (Å²) in [6.45, 7) is 8.60. The molecular formula is C47H51N3O10S. The Labute approximate surface area is 359 Å². The third kappa shape index (κ3) is 15.3. The molecule has 0 bridgehead atoms. The minimum atomic E-state index is -0.594. The molecule has 1 aliphatic rings. The second kappa shape index (κ2) is 24.6. The van der Waals surface area contributed by atoms with Gasteiger partial charge in [0.2, 0.25) is 5.13 Å². The summed E-state index contributed by atoms with van der Waals surface area (Å²) in [5, 5.41) is 6.86. The van der Waals surface area contributed by atoms with E-state index in [0.717, 1.165) is 73.7 Å². The second-order valence-corrected chi connectivity index (χ2v) is 14.8. The molecule has 1 heterocycles. The Balaban J connectivity index is 1.16. The first kappa shape index (κ1) is 45.7. The molecule has 0 radical (unpaired) electrons. The van der Waals surface area contributed by atoms with Crippen molar-refractivity contribution in [1.29, 1.82) is 0 Å². The quantitative estimate of drug-likeness (QED) is 0.0156. The summed E-state index contributed by atoms with van der Waals surface area (Å²) < 4.78 is 34.4. The smallest absolute Gasteiger partial charge is 0.343 e. The lowest BCUT2D eigenvalue weighted by molar-refractivity contribution is -0.138. The van der Waals surface area contributed by atoms with Gasteiger partial charge < -0.3 is 28.4 Å². The number of anilines is 1. The standard InChI is InChI=1S/C47H51N3O10S/c1-4-43(51)57-30-14-8-6-12-28-55-37-22-18-34(19-23-37)45(53)59-39-26-27-41(36(32-39)33-48-50(3)47-49-40-16-10-11-17-42(40)61-47)60-46(54)35-20-24-38(25-21-35)56-29-13-7-9-15-31-58-44(52)5-2/h4-5,10-11,16-22,24-27,32-33,37H,1-2,6-9,12-15,23,28-31H2,3H3/b48-33+. The molecule has 13 nitrogen and oxygen atoms in total. The van der Waals surface area contributed by atoms with Crippen molar-refractivity contribution < 1.29 is 47.6 Å². The van der Waals surface area contributed by atoms with Gasteiger partial charge in [-0.25, -0.2) is 29.2 Å². The van der Waals surface area contributed by atoms with Crippen molar-refractivity contribution in [3.05, 3.63) is 127 Å². The predicted molar refractivity (Wildman–Crippen MR) is 235 cm³/mol. The van der Waals surface area contributed by atoms with E-state index in [2.05, 4.69) is 23.2 Å². The van der Waals surface area contributed by atoms with E-state index in [9.17, 15) is 19.2 Å². The molecule has 1 atom stereocenters. The first-order valence-corrected chi connectivity index (χ1v) is 21.1. The van der Waals surface area contributed by atoms with Crippen LogP contribution < -0.4 is 19.2 Å². The molecule has 1 unspecified atom stereocenters. The van der Waals surface area contributed by atoms with E-state index in [1.807, 2.05) is 30.3 Å². The van der Waals surface area contributed by atoms with Gasteiger partial charge in [-0.3, -0.25) is 0 Å². The van der Waals surface area contributed by atoms with Crippen LogP contribution in [0.15, 0.2) is 121 Å². The number of hydrogen-bond acceptors (Lipinski definition) is 14. The van der Waals surface area contributed by atoms with Gasteiger partial charge in [0.1, 0.15) is 17.2 Å². The molecular weight excluding hydrogens is 799 g/mol. The zero-order chi connectivity index (χ0) is 43.2. The number of esters is 4. The van der Waals surface area contributed by atoms with Crippen molar-refractivity contribution in [2.45, 2.75) is 63.9 Å². The number of thiazole rings is 1. The van der Waals surface area contributed by atoms with Gasteiger partial charge in [-0.2, -0.15) is 5.10 Å². The number of carbonyl (C=O) groups is 4. The number of fused-ring (bicyclic) bond motifs is 1. The first-order valence-electron chi connectivity index (χ1n) is 20.3. The number of aromatic nitrogens is 1. The molecule has 0 saturated heterocycles. The van der Waals surface area contributed by atoms with Crippen molar-refractivity contribution in [2.75, 3.05) is 38.5 Å². The van der Waals surface area contributed by atoms with Gasteiger partial charge in [0.05, 0.1) is 53.5 Å². The summed E-state index contributed by atoms with van der Waals surface area (Å²) in [6, 6.07) is 19.2. The zero-order valence-electron chi connectivity index (χ0n) is 34.3. The number of nitrogens with zero attached hydrogens (tertiary/aromatic N) is 3. The number of ether oxygens (including phenoxy) is 6. The van der Waals surface area contributed by atoms with Crippen molar-refractivity contribution in [1.82, 2.24) is 4.98 Å². The second-order valence-electron chi connectivity index (χ2n) is 13.8. The fourth-order valence-electron chi connectivity index (χ4n) is 5.87. The molecule has 0 spiro atoms. The van der Waals surface area contributed by atoms with E-state index < -0.39 is 23.9 Å². The first-order chi connectivity index (χ1) is 29.7. The fourth-order valence-corrected chi connectivity index (χ4v) is 6.76. The summed E-state index contributed by atoms with van der Waals surface area (Å²) in [5.74, 6) is -0.899. The third-order valence-corrected chi connectivity index (χ3v) is 10.3. The van der Waals surface area contributed by atoms with Crippen LogP contribution in [0.5, 0.6) is 17.2 Å². The molecule has 1 aromatic heterocycles. The highest BCUT2D eigenvalue weighted by molar-refractivity contribution is 7.22. The minimum Gasteiger partial charge on any atom is -0.494 e. The summed E-state index contributed by atoms with van der Waals surface area (Å²) in [5.41, 5.74) is 1.95. The van der Waals surface area contributed by atoms with E-state index in [0.29, 0.717) is 60.4 Å². The Kier molecular flexibility index (Phi) is 18.5. The molecule has 5 rings (SSSR count). The van der Waals surface area contributed by atoms with Crippen molar-refractivity contribution in [3.63, 3.8) is 0 Å². The molecule has 61 heavy (non-hydrogen) atoms. The van der Waals surface area contributed by atoms with Crippen LogP contribution in [-0.2, 0) is 28.6 Å². The number of hydrazone groups is 1. The van der Waals surface area contributed by atoms with Crippen LogP contribution in [-0.4, -0.2) is 74.7 Å². The number of benzene rings is 3. The van der Waals surface area contributed by atoms with Crippen LogP contribution >= 0.6 is 11.3 Å². The van der Waals surface area contributed by atoms with Crippen LogP contribution in [0.1, 0.15) is 73.7 Å². The maximum Gasteiger partial charge on any atom is 0.343 e. The molecule has 1 aliphatic carbocycles. The number of hydrogen-bond donors (Lipinski definition) is 0. The van der Waals surface area contributed by atoms with Crippen LogP contribution in [0.4, 0.5) is 5.13 Å². The lowest BCUT2D eigenvalue weighted by Gasteiger charge is -2.17. The van der Waals surface area contributed by atoms with E-state index in [4.69, 9.17) is 28.4 Å². The molecule has 0 amide bonds. The Morgan fingerprint density at radius 3 is 2.10 bits per heavy atom. The minimum absolute atomic E-state index is 0.151. The Morgan fingerprint density at radius 2 is 1.44 bits per heavy atom. The highest BCUT2D eigenvalue weighted by Crippen LogP contribution is 2.29. The molecule has 0 aliphatic heterocycles. The number of rotatable bonds is 25. The fraction of sp³-hybridized carbons (Fsp3) is 0.319. The lowest BCUT2D eigenvalue weighted by Crippen LogP contribution is -2.17. The Bertz CT molecular complexity index is 2180. The van der Waals surface area contributed by atoms with Gasteiger partial charge >= 0.3 is 23.9 Å². The summed E-state index contributed by atoms with van der Waals surface area (Å²) in [7, 11) is 1.77. The topological polar surface area (TPSA) is 152 Å². The summed E-state index contributed by atoms with van der Waals surface area (Å²) in [4.78, 5) is 53.5. The molecule has 0 N–H and O–H groups in total. The third-order valence-electron chi connectivity index (χ3n) is 9.21. The molecule has 0 saturated carbocycles. The monoisotopic (exact) mass is 849 g/mol. The molecule has 3 aromatic carbocycles. The van der Waals surface area contributed by atoms with E-state index in [-0.39, 0.29) is 17.6 Å². The van der Waals surface area contributed by atoms with Crippen molar-refractivity contribution in [3.8, 4) is 17.2 Å². The summed E-state index contributed by atoms with van der Waals surface area (Å²) in [6.07, 6.45) is 16.5. The highest BCUT2D eigenvalue weighted by atomic mass is 32.1. The average molecular weight is 850 g/mol. The van der Waals surface area contributed by atoms with Crippen LogP contribution in [0, 0.1) is 0 Å². The normalized spacial score (nSPS) is 13.3. The van der Waals surface area contributed by atoms with E-state index in [1.54, 1.807) is 66.7 Å². The van der Waals surface area contributed by atoms with Gasteiger partial charge in [0, 0.05) is 31.4 Å². The average Bonchev–Trinajstić information content (AvgIpc) is 3.73. The lowest BCUT2D eigenvalue weighted by atomic mass is 10.1. The van der Waals surface area contributed by atoms with Gasteiger partial charge in [-0.05, 0) is 112 Å². The van der Waals surface area contributed by atoms with Gasteiger partial charge in [0.15, 0.2) is 0 Å². The number of unbranched alkanes of at least 4 members (excludes halogenated alkanes) is 6. The van der Waals surface area contributed by atoms with Crippen LogP contribution in [0.3, 0.4) is 0 Å².